The van der Waals surface area contributed by atoms with Crippen molar-refractivity contribution in [2.45, 2.75) is 32.4 Å². The highest BCUT2D eigenvalue weighted by Gasteiger charge is 2.28. The Morgan fingerprint density at radius 3 is 3.23 bits per heavy atom. The first-order valence-electron chi connectivity index (χ1n) is 7.49. The molecule has 1 fully saturated rings. The fraction of sp³-hybridized carbons (Fsp3) is 0.571. The van der Waals surface area contributed by atoms with Gasteiger partial charge in [-0.2, -0.15) is 5.10 Å². The zero-order chi connectivity index (χ0) is 15.4. The molecule has 1 saturated heterocycles. The third kappa shape index (κ3) is 3.69. The van der Waals surface area contributed by atoms with Crippen LogP contribution in [0.2, 0.25) is 0 Å². The molecule has 3 rings (SSSR count). The normalized spacial score (nSPS) is 20.7. The number of carbonyl (C=O) groups is 1. The number of nitrogens with one attached hydrogen (secondary N) is 1. The van der Waals surface area contributed by atoms with E-state index in [1.54, 1.807) is 18.9 Å². The van der Waals surface area contributed by atoms with Crippen LogP contribution in [0.1, 0.15) is 19.8 Å². The number of hydrogen-bond acceptors (Lipinski definition) is 6. The molecule has 8 heteroatoms. The number of anilines is 1. The third-order valence-electron chi connectivity index (χ3n) is 4.05. The number of carbonyl (C=O) groups excluding carboxylic acids is 1. The largest absolute Gasteiger partial charge is 0.301 e. The summed E-state index contributed by atoms with van der Waals surface area (Å²) in [7, 11) is 0. The SMILES string of the molecule is CC(C(=O)Nc1nccs1)N1CCCC(Cn2cncn2)C1. The lowest BCUT2D eigenvalue weighted by molar-refractivity contribution is -0.121. The van der Waals surface area contributed by atoms with Crippen molar-refractivity contribution in [3.63, 3.8) is 0 Å². The highest BCUT2D eigenvalue weighted by molar-refractivity contribution is 7.13. The smallest absolute Gasteiger partial charge is 0.243 e. The summed E-state index contributed by atoms with van der Waals surface area (Å²) in [6.45, 7) is 4.69. The number of thiazole rings is 1. The minimum absolute atomic E-state index is 0.0105. The molecule has 0 bridgehead atoms. The number of hydrogen-bond donors (Lipinski definition) is 1. The van der Waals surface area contributed by atoms with Gasteiger partial charge in [0.2, 0.25) is 5.91 Å². The van der Waals surface area contributed by atoms with Crippen molar-refractivity contribution < 1.29 is 4.79 Å². The molecule has 3 heterocycles. The Hall–Kier alpha value is -1.80. The minimum Gasteiger partial charge on any atom is -0.301 e. The average Bonchev–Trinajstić information content (AvgIpc) is 3.20. The minimum atomic E-state index is -0.151. The van der Waals surface area contributed by atoms with Crippen molar-refractivity contribution in [1.82, 2.24) is 24.6 Å². The van der Waals surface area contributed by atoms with Crippen LogP contribution in [0.4, 0.5) is 5.13 Å². The first-order chi connectivity index (χ1) is 10.7. The van der Waals surface area contributed by atoms with E-state index >= 15 is 0 Å². The zero-order valence-electron chi connectivity index (χ0n) is 12.6. The number of likely N-dealkylation sites (tertiary alicyclic amines) is 1. The Morgan fingerprint density at radius 2 is 2.50 bits per heavy atom. The van der Waals surface area contributed by atoms with E-state index in [4.69, 9.17) is 0 Å². The highest BCUT2D eigenvalue weighted by Crippen LogP contribution is 2.21. The van der Waals surface area contributed by atoms with Crippen LogP contribution in [0, 0.1) is 5.92 Å². The van der Waals surface area contributed by atoms with Gasteiger partial charge in [0, 0.05) is 24.7 Å². The fourth-order valence-corrected chi connectivity index (χ4v) is 3.38. The molecule has 0 spiro atoms. The second kappa shape index (κ2) is 6.97. The van der Waals surface area contributed by atoms with E-state index in [2.05, 4.69) is 25.3 Å². The first kappa shape index (κ1) is 15.1. The van der Waals surface area contributed by atoms with E-state index in [1.807, 2.05) is 17.0 Å². The first-order valence-corrected chi connectivity index (χ1v) is 8.37. The summed E-state index contributed by atoms with van der Waals surface area (Å²) in [4.78, 5) is 22.6. The predicted molar refractivity (Wildman–Crippen MR) is 84.5 cm³/mol. The number of amides is 1. The Morgan fingerprint density at radius 1 is 1.59 bits per heavy atom. The number of nitrogens with zero attached hydrogens (tertiary/aromatic N) is 5. The second-order valence-electron chi connectivity index (χ2n) is 5.62. The van der Waals surface area contributed by atoms with Gasteiger partial charge in [0.25, 0.3) is 0 Å². The standard InChI is InChI=1S/C14H20N6OS/c1-11(13(21)18-14-16-4-6-22-14)19-5-2-3-12(7-19)8-20-10-15-9-17-20/h4,6,9-12H,2-3,5,7-8H2,1H3,(H,16,18,21). The van der Waals surface area contributed by atoms with Gasteiger partial charge in [0.15, 0.2) is 5.13 Å². The Labute approximate surface area is 133 Å². The lowest BCUT2D eigenvalue weighted by Crippen LogP contribution is -2.47. The Balaban J connectivity index is 1.55. The van der Waals surface area contributed by atoms with Crippen molar-refractivity contribution in [3.8, 4) is 0 Å². The topological polar surface area (TPSA) is 75.9 Å². The van der Waals surface area contributed by atoms with Crippen molar-refractivity contribution in [2.75, 3.05) is 18.4 Å². The second-order valence-corrected chi connectivity index (χ2v) is 6.52. The van der Waals surface area contributed by atoms with Gasteiger partial charge in [-0.3, -0.25) is 14.4 Å². The predicted octanol–water partition coefficient (Wildman–Crippen LogP) is 1.47. The molecule has 2 unspecified atom stereocenters. The monoisotopic (exact) mass is 320 g/mol. The Kier molecular flexibility index (Phi) is 4.79. The molecule has 118 valence electrons. The van der Waals surface area contributed by atoms with Gasteiger partial charge in [0.05, 0.1) is 6.04 Å². The van der Waals surface area contributed by atoms with Gasteiger partial charge in [0.1, 0.15) is 12.7 Å². The van der Waals surface area contributed by atoms with Crippen LogP contribution in [0.25, 0.3) is 0 Å². The maximum atomic E-state index is 12.3. The van der Waals surface area contributed by atoms with E-state index in [0.717, 1.165) is 32.5 Å². The maximum absolute atomic E-state index is 12.3. The van der Waals surface area contributed by atoms with E-state index in [9.17, 15) is 4.79 Å². The molecule has 1 aliphatic rings. The quantitative estimate of drug-likeness (QED) is 0.903. The summed E-state index contributed by atoms with van der Waals surface area (Å²) < 4.78 is 1.87. The number of piperidine rings is 1. The van der Waals surface area contributed by atoms with Crippen LogP contribution in [-0.4, -0.2) is 49.7 Å². The van der Waals surface area contributed by atoms with E-state index < -0.39 is 0 Å². The molecular formula is C14H20N6OS. The van der Waals surface area contributed by atoms with E-state index in [0.29, 0.717) is 11.0 Å². The lowest BCUT2D eigenvalue weighted by atomic mass is 9.96. The van der Waals surface area contributed by atoms with Gasteiger partial charge < -0.3 is 5.32 Å². The van der Waals surface area contributed by atoms with Gasteiger partial charge in [-0.1, -0.05) is 0 Å². The molecule has 2 atom stereocenters. The zero-order valence-corrected chi connectivity index (χ0v) is 13.4. The summed E-state index contributed by atoms with van der Waals surface area (Å²) in [5.41, 5.74) is 0. The summed E-state index contributed by atoms with van der Waals surface area (Å²) >= 11 is 1.44. The van der Waals surface area contributed by atoms with Crippen molar-refractivity contribution >= 4 is 22.4 Å². The molecule has 0 saturated carbocycles. The molecule has 1 N–H and O–H groups in total. The summed E-state index contributed by atoms with van der Waals surface area (Å²) in [5, 5.41) is 9.56. The molecular weight excluding hydrogens is 300 g/mol. The summed E-state index contributed by atoms with van der Waals surface area (Å²) in [5.74, 6) is 0.516. The number of rotatable bonds is 5. The van der Waals surface area contributed by atoms with E-state index in [-0.39, 0.29) is 11.9 Å². The number of aromatic nitrogens is 4. The van der Waals surface area contributed by atoms with Crippen molar-refractivity contribution in [1.29, 1.82) is 0 Å². The molecule has 1 aliphatic heterocycles. The molecule has 0 radical (unpaired) electrons. The van der Waals surface area contributed by atoms with Crippen molar-refractivity contribution in [3.05, 3.63) is 24.2 Å². The maximum Gasteiger partial charge on any atom is 0.243 e. The Bertz CT molecular complexity index is 585. The molecule has 2 aromatic heterocycles. The fourth-order valence-electron chi connectivity index (χ4n) is 2.85. The van der Waals surface area contributed by atoms with Crippen LogP contribution in [-0.2, 0) is 11.3 Å². The van der Waals surface area contributed by atoms with Gasteiger partial charge in [-0.15, -0.1) is 11.3 Å². The summed E-state index contributed by atoms with van der Waals surface area (Å²) in [6, 6.07) is -0.151. The molecule has 0 aromatic carbocycles. The van der Waals surface area contributed by atoms with Crippen LogP contribution >= 0.6 is 11.3 Å². The van der Waals surface area contributed by atoms with E-state index in [1.165, 1.54) is 11.3 Å². The molecule has 1 amide bonds. The van der Waals surface area contributed by atoms with Crippen molar-refractivity contribution in [2.24, 2.45) is 5.92 Å². The average molecular weight is 320 g/mol. The third-order valence-corrected chi connectivity index (χ3v) is 4.74. The van der Waals surface area contributed by atoms with Crippen LogP contribution in [0.3, 0.4) is 0 Å². The highest BCUT2D eigenvalue weighted by atomic mass is 32.1. The molecule has 0 aliphatic carbocycles. The van der Waals surface area contributed by atoms with Gasteiger partial charge in [-0.05, 0) is 32.2 Å². The van der Waals surface area contributed by atoms with Crippen LogP contribution < -0.4 is 5.32 Å². The summed E-state index contributed by atoms with van der Waals surface area (Å²) in [6.07, 6.45) is 7.27. The molecule has 7 nitrogen and oxygen atoms in total. The van der Waals surface area contributed by atoms with Gasteiger partial charge >= 0.3 is 0 Å². The molecule has 22 heavy (non-hydrogen) atoms. The van der Waals surface area contributed by atoms with Crippen LogP contribution in [0.15, 0.2) is 24.2 Å². The van der Waals surface area contributed by atoms with Gasteiger partial charge in [-0.25, -0.2) is 9.97 Å². The lowest BCUT2D eigenvalue weighted by Gasteiger charge is -2.35. The molecule has 2 aromatic rings. The van der Waals surface area contributed by atoms with Crippen LogP contribution in [0.5, 0.6) is 0 Å².